The second-order valence-electron chi connectivity index (χ2n) is 4.92. The highest BCUT2D eigenvalue weighted by molar-refractivity contribution is 7.16. The van der Waals surface area contributed by atoms with E-state index in [2.05, 4.69) is 10.3 Å². The summed E-state index contributed by atoms with van der Waals surface area (Å²) in [6.45, 7) is 1.98. The van der Waals surface area contributed by atoms with Crippen molar-refractivity contribution in [1.29, 1.82) is 0 Å². The second-order valence-corrected chi connectivity index (χ2v) is 7.08. The maximum Gasteiger partial charge on any atom is 0.267 e. The molecule has 0 atom stereocenters. The third kappa shape index (κ3) is 3.27. The summed E-state index contributed by atoms with van der Waals surface area (Å²) >= 11 is 2.85. The SMILES string of the molecule is COc1ccc(-c2nc(NC(=O)c3cccs3)sc2C)cc1OC. The normalized spacial score (nSPS) is 10.5. The Balaban J connectivity index is 1.88. The molecular formula is C17H16N2O3S2. The van der Waals surface area contributed by atoms with Crippen molar-refractivity contribution in [2.24, 2.45) is 0 Å². The molecule has 1 amide bonds. The molecule has 0 aliphatic rings. The van der Waals surface area contributed by atoms with Crippen molar-refractivity contribution in [3.05, 3.63) is 45.5 Å². The van der Waals surface area contributed by atoms with Crippen molar-refractivity contribution >= 4 is 33.7 Å². The smallest absolute Gasteiger partial charge is 0.267 e. The van der Waals surface area contributed by atoms with Crippen molar-refractivity contribution in [2.45, 2.75) is 6.92 Å². The standard InChI is InChI=1S/C17H16N2O3S2/c1-10-15(11-6-7-12(21-2)13(9-11)22-3)18-17(24-10)19-16(20)14-5-4-8-23-14/h4-9H,1-3H3,(H,18,19,20). The molecule has 0 bridgehead atoms. The van der Waals surface area contributed by atoms with Gasteiger partial charge in [0.1, 0.15) is 0 Å². The van der Waals surface area contributed by atoms with E-state index in [1.807, 2.05) is 36.6 Å². The van der Waals surface area contributed by atoms with Gasteiger partial charge in [0.15, 0.2) is 16.6 Å². The van der Waals surface area contributed by atoms with E-state index in [4.69, 9.17) is 9.47 Å². The number of methoxy groups -OCH3 is 2. The molecular weight excluding hydrogens is 344 g/mol. The van der Waals surface area contributed by atoms with Crippen LogP contribution in [0.1, 0.15) is 14.5 Å². The van der Waals surface area contributed by atoms with Gasteiger partial charge in [-0.3, -0.25) is 10.1 Å². The van der Waals surface area contributed by atoms with E-state index >= 15 is 0 Å². The number of amides is 1. The van der Waals surface area contributed by atoms with Gasteiger partial charge in [0, 0.05) is 10.4 Å². The third-order valence-electron chi connectivity index (χ3n) is 3.42. The van der Waals surface area contributed by atoms with Gasteiger partial charge in [0.05, 0.1) is 24.8 Å². The van der Waals surface area contributed by atoms with Crippen LogP contribution in [0.15, 0.2) is 35.7 Å². The minimum absolute atomic E-state index is 0.141. The van der Waals surface area contributed by atoms with Gasteiger partial charge in [-0.25, -0.2) is 4.98 Å². The Morgan fingerprint density at radius 1 is 1.17 bits per heavy atom. The average molecular weight is 360 g/mol. The lowest BCUT2D eigenvalue weighted by atomic mass is 10.1. The number of benzene rings is 1. The minimum Gasteiger partial charge on any atom is -0.493 e. The van der Waals surface area contributed by atoms with Gasteiger partial charge in [0.25, 0.3) is 5.91 Å². The first kappa shape index (κ1) is 16.5. The summed E-state index contributed by atoms with van der Waals surface area (Å²) < 4.78 is 10.6. The van der Waals surface area contributed by atoms with Crippen molar-refractivity contribution in [1.82, 2.24) is 4.98 Å². The number of hydrogen-bond donors (Lipinski definition) is 1. The second kappa shape index (κ2) is 7.02. The van der Waals surface area contributed by atoms with E-state index in [1.54, 1.807) is 20.3 Å². The van der Waals surface area contributed by atoms with Crippen LogP contribution in [0.4, 0.5) is 5.13 Å². The molecule has 0 unspecified atom stereocenters. The first-order valence-electron chi connectivity index (χ1n) is 7.17. The Morgan fingerprint density at radius 2 is 1.96 bits per heavy atom. The molecule has 7 heteroatoms. The molecule has 0 aliphatic carbocycles. The van der Waals surface area contributed by atoms with Crippen LogP contribution in [0, 0.1) is 6.92 Å². The predicted octanol–water partition coefficient (Wildman–Crippen LogP) is 4.45. The molecule has 2 aromatic heterocycles. The van der Waals surface area contributed by atoms with E-state index in [0.717, 1.165) is 16.1 Å². The van der Waals surface area contributed by atoms with Crippen LogP contribution in [0.3, 0.4) is 0 Å². The lowest BCUT2D eigenvalue weighted by Gasteiger charge is -2.08. The Morgan fingerprint density at radius 3 is 2.62 bits per heavy atom. The molecule has 3 aromatic rings. The fourth-order valence-electron chi connectivity index (χ4n) is 2.27. The Bertz CT molecular complexity index is 857. The highest BCUT2D eigenvalue weighted by atomic mass is 32.1. The number of carbonyl (C=O) groups excluding carboxylic acids is 1. The zero-order valence-corrected chi connectivity index (χ0v) is 15.1. The molecule has 1 N–H and O–H groups in total. The number of carbonyl (C=O) groups is 1. The molecule has 2 heterocycles. The molecule has 0 radical (unpaired) electrons. The van der Waals surface area contributed by atoms with Crippen LogP contribution in [-0.4, -0.2) is 25.1 Å². The molecule has 5 nitrogen and oxygen atoms in total. The molecule has 0 fully saturated rings. The summed E-state index contributed by atoms with van der Waals surface area (Å²) in [4.78, 5) is 18.4. The van der Waals surface area contributed by atoms with Gasteiger partial charge in [-0.1, -0.05) is 6.07 Å². The van der Waals surface area contributed by atoms with E-state index in [-0.39, 0.29) is 5.91 Å². The molecule has 124 valence electrons. The van der Waals surface area contributed by atoms with Crippen molar-refractivity contribution in [3.8, 4) is 22.8 Å². The van der Waals surface area contributed by atoms with Crippen LogP contribution in [0.2, 0.25) is 0 Å². The maximum absolute atomic E-state index is 12.1. The number of thiazole rings is 1. The number of hydrogen-bond acceptors (Lipinski definition) is 6. The lowest BCUT2D eigenvalue weighted by Crippen LogP contribution is -2.09. The number of anilines is 1. The highest BCUT2D eigenvalue weighted by Gasteiger charge is 2.15. The van der Waals surface area contributed by atoms with Crippen LogP contribution in [0.25, 0.3) is 11.3 Å². The van der Waals surface area contributed by atoms with Gasteiger partial charge in [0.2, 0.25) is 0 Å². The number of thiophene rings is 1. The minimum atomic E-state index is -0.141. The predicted molar refractivity (Wildman–Crippen MR) is 97.7 cm³/mol. The molecule has 24 heavy (non-hydrogen) atoms. The maximum atomic E-state index is 12.1. The van der Waals surface area contributed by atoms with Gasteiger partial charge < -0.3 is 9.47 Å². The number of ether oxygens (including phenoxy) is 2. The first-order chi connectivity index (χ1) is 11.6. The van der Waals surface area contributed by atoms with E-state index in [9.17, 15) is 4.79 Å². The van der Waals surface area contributed by atoms with Gasteiger partial charge in [-0.05, 0) is 36.6 Å². The van der Waals surface area contributed by atoms with Crippen LogP contribution < -0.4 is 14.8 Å². The summed E-state index contributed by atoms with van der Waals surface area (Å²) in [6.07, 6.45) is 0. The van der Waals surface area contributed by atoms with Gasteiger partial charge in [-0.15, -0.1) is 22.7 Å². The Labute approximate surface area is 147 Å². The monoisotopic (exact) mass is 360 g/mol. The van der Waals surface area contributed by atoms with Crippen LogP contribution in [-0.2, 0) is 0 Å². The fourth-order valence-corrected chi connectivity index (χ4v) is 3.72. The fraction of sp³-hybridized carbons (Fsp3) is 0.176. The summed E-state index contributed by atoms with van der Waals surface area (Å²) in [7, 11) is 3.20. The molecule has 0 spiro atoms. The van der Waals surface area contributed by atoms with Crippen LogP contribution in [0.5, 0.6) is 11.5 Å². The van der Waals surface area contributed by atoms with Crippen molar-refractivity contribution in [2.75, 3.05) is 19.5 Å². The number of rotatable bonds is 5. The van der Waals surface area contributed by atoms with Crippen molar-refractivity contribution in [3.63, 3.8) is 0 Å². The Hall–Kier alpha value is -2.38. The molecule has 0 aliphatic heterocycles. The van der Waals surface area contributed by atoms with Crippen LogP contribution >= 0.6 is 22.7 Å². The van der Waals surface area contributed by atoms with Gasteiger partial charge in [-0.2, -0.15) is 0 Å². The largest absolute Gasteiger partial charge is 0.493 e. The summed E-state index contributed by atoms with van der Waals surface area (Å²) in [5.41, 5.74) is 1.74. The average Bonchev–Trinajstić information content (AvgIpc) is 3.24. The number of aryl methyl sites for hydroxylation is 1. The molecule has 3 rings (SSSR count). The number of nitrogens with one attached hydrogen (secondary N) is 1. The molecule has 1 aromatic carbocycles. The Kier molecular flexibility index (Phi) is 4.82. The summed E-state index contributed by atoms with van der Waals surface area (Å²) in [5, 5.41) is 5.30. The summed E-state index contributed by atoms with van der Waals surface area (Å²) in [6, 6.07) is 9.29. The zero-order chi connectivity index (χ0) is 17.1. The van der Waals surface area contributed by atoms with E-state index in [1.165, 1.54) is 22.7 Å². The van der Waals surface area contributed by atoms with Crippen molar-refractivity contribution < 1.29 is 14.3 Å². The number of nitrogens with zero attached hydrogens (tertiary/aromatic N) is 1. The third-order valence-corrected chi connectivity index (χ3v) is 5.17. The van der Waals surface area contributed by atoms with Gasteiger partial charge >= 0.3 is 0 Å². The molecule has 0 saturated heterocycles. The lowest BCUT2D eigenvalue weighted by molar-refractivity contribution is 0.103. The van der Waals surface area contributed by atoms with E-state index < -0.39 is 0 Å². The topological polar surface area (TPSA) is 60.5 Å². The summed E-state index contributed by atoms with van der Waals surface area (Å²) in [5.74, 6) is 1.17. The van der Waals surface area contributed by atoms with E-state index in [0.29, 0.717) is 21.5 Å². The number of aromatic nitrogens is 1. The quantitative estimate of drug-likeness (QED) is 0.730. The molecule has 0 saturated carbocycles. The zero-order valence-electron chi connectivity index (χ0n) is 13.5. The highest BCUT2D eigenvalue weighted by Crippen LogP contribution is 2.36. The first-order valence-corrected chi connectivity index (χ1v) is 8.86.